The quantitative estimate of drug-likeness (QED) is 0.557. The predicted molar refractivity (Wildman–Crippen MR) is 98.1 cm³/mol. The number of nitrogens with one attached hydrogen (secondary N) is 2. The molecule has 1 aromatic heterocycles. The van der Waals surface area contributed by atoms with Crippen molar-refractivity contribution in [3.8, 4) is 5.75 Å². The van der Waals surface area contributed by atoms with E-state index in [4.69, 9.17) is 9.15 Å². The van der Waals surface area contributed by atoms with Gasteiger partial charge in [0, 0.05) is 19.0 Å². The van der Waals surface area contributed by atoms with Crippen LogP contribution in [0, 0.1) is 0 Å². The van der Waals surface area contributed by atoms with Crippen molar-refractivity contribution in [3.63, 3.8) is 0 Å². The molecular weight excluding hydrogens is 334 g/mol. The average molecular weight is 355 g/mol. The molecule has 0 aliphatic heterocycles. The SMILES string of the molecule is CCc1ocnc1/C=C(/C=O)NC(=O)/C(=C/c1ccccc1OC)NC. The summed E-state index contributed by atoms with van der Waals surface area (Å²) in [6.07, 6.45) is 5.60. The van der Waals surface area contributed by atoms with Crippen molar-refractivity contribution in [1.29, 1.82) is 0 Å². The fourth-order valence-electron chi connectivity index (χ4n) is 2.30. The molecule has 7 nitrogen and oxygen atoms in total. The topological polar surface area (TPSA) is 93.5 Å². The Morgan fingerprint density at radius 2 is 2.08 bits per heavy atom. The summed E-state index contributed by atoms with van der Waals surface area (Å²) in [5, 5.41) is 5.39. The van der Waals surface area contributed by atoms with Gasteiger partial charge in [-0.1, -0.05) is 25.1 Å². The van der Waals surface area contributed by atoms with Gasteiger partial charge in [0.25, 0.3) is 5.91 Å². The first-order valence-electron chi connectivity index (χ1n) is 8.06. The first-order chi connectivity index (χ1) is 12.6. The number of para-hydroxylation sites is 1. The molecular formula is C19H21N3O4. The molecule has 0 saturated heterocycles. The molecule has 0 saturated carbocycles. The van der Waals surface area contributed by atoms with Gasteiger partial charge in [0.05, 0.1) is 12.8 Å². The highest BCUT2D eigenvalue weighted by molar-refractivity contribution is 6.01. The second-order valence-corrected chi connectivity index (χ2v) is 5.24. The van der Waals surface area contributed by atoms with E-state index in [1.54, 1.807) is 26.3 Å². The number of oxazole rings is 1. The molecule has 136 valence electrons. The van der Waals surface area contributed by atoms with Crippen LogP contribution in [0.15, 0.2) is 46.5 Å². The summed E-state index contributed by atoms with van der Waals surface area (Å²) >= 11 is 0. The summed E-state index contributed by atoms with van der Waals surface area (Å²) in [5.74, 6) is 0.810. The van der Waals surface area contributed by atoms with Gasteiger partial charge in [0.2, 0.25) is 0 Å². The highest BCUT2D eigenvalue weighted by atomic mass is 16.5. The van der Waals surface area contributed by atoms with Gasteiger partial charge in [-0.2, -0.15) is 0 Å². The lowest BCUT2D eigenvalue weighted by Crippen LogP contribution is -2.30. The second-order valence-electron chi connectivity index (χ2n) is 5.24. The Morgan fingerprint density at radius 1 is 1.31 bits per heavy atom. The largest absolute Gasteiger partial charge is 0.496 e. The standard InChI is InChI=1S/C19H21N3O4/c1-4-17-15(21-12-26-17)10-14(11-23)22-19(24)16(20-2)9-13-7-5-6-8-18(13)25-3/h5-12,20H,4H2,1-3H3,(H,22,24)/b14-10-,16-9-. The number of aromatic nitrogens is 1. The molecule has 2 aromatic rings. The molecule has 1 amide bonds. The van der Waals surface area contributed by atoms with Crippen LogP contribution < -0.4 is 15.4 Å². The number of nitrogens with zero attached hydrogens (tertiary/aromatic N) is 1. The minimum Gasteiger partial charge on any atom is -0.496 e. The maximum atomic E-state index is 12.5. The van der Waals surface area contributed by atoms with Crippen LogP contribution in [0.4, 0.5) is 0 Å². The molecule has 0 spiro atoms. The molecule has 2 N–H and O–H groups in total. The summed E-state index contributed by atoms with van der Waals surface area (Å²) in [7, 11) is 3.18. The maximum absolute atomic E-state index is 12.5. The number of allylic oxidation sites excluding steroid dienone is 1. The lowest BCUT2D eigenvalue weighted by Gasteiger charge is -2.10. The van der Waals surface area contributed by atoms with Crippen LogP contribution in [0.2, 0.25) is 0 Å². The van der Waals surface area contributed by atoms with Gasteiger partial charge in [-0.05, 0) is 18.2 Å². The molecule has 0 unspecified atom stereocenters. The third-order valence-corrected chi connectivity index (χ3v) is 3.62. The average Bonchev–Trinajstić information content (AvgIpc) is 3.12. The Labute approximate surface area is 151 Å². The van der Waals surface area contributed by atoms with Crippen LogP contribution in [-0.2, 0) is 16.0 Å². The summed E-state index contributed by atoms with van der Waals surface area (Å²) in [4.78, 5) is 27.9. The monoisotopic (exact) mass is 355 g/mol. The van der Waals surface area contributed by atoms with E-state index < -0.39 is 5.91 Å². The van der Waals surface area contributed by atoms with Crippen molar-refractivity contribution in [1.82, 2.24) is 15.6 Å². The van der Waals surface area contributed by atoms with Gasteiger partial charge >= 0.3 is 0 Å². The summed E-state index contributed by atoms with van der Waals surface area (Å²) < 4.78 is 10.5. The number of hydrogen-bond donors (Lipinski definition) is 2. The van der Waals surface area contributed by atoms with Crippen molar-refractivity contribution in [2.24, 2.45) is 0 Å². The van der Waals surface area contributed by atoms with E-state index in [-0.39, 0.29) is 11.4 Å². The van der Waals surface area contributed by atoms with Crippen molar-refractivity contribution < 1.29 is 18.7 Å². The molecule has 0 aliphatic carbocycles. The zero-order chi connectivity index (χ0) is 18.9. The van der Waals surface area contributed by atoms with Crippen LogP contribution in [0.5, 0.6) is 5.75 Å². The van der Waals surface area contributed by atoms with Crippen molar-refractivity contribution in [2.45, 2.75) is 13.3 Å². The molecule has 7 heteroatoms. The normalized spacial score (nSPS) is 11.8. The number of ether oxygens (including phenoxy) is 1. The highest BCUT2D eigenvalue weighted by Crippen LogP contribution is 2.20. The highest BCUT2D eigenvalue weighted by Gasteiger charge is 2.12. The third kappa shape index (κ3) is 4.60. The van der Waals surface area contributed by atoms with Crippen LogP contribution in [0.25, 0.3) is 12.2 Å². The second kappa shape index (κ2) is 9.22. The Morgan fingerprint density at radius 3 is 2.73 bits per heavy atom. The Balaban J connectivity index is 2.24. The number of rotatable bonds is 8. The number of carbonyl (C=O) groups excluding carboxylic acids is 2. The van der Waals surface area contributed by atoms with Gasteiger partial charge < -0.3 is 19.8 Å². The van der Waals surface area contributed by atoms with E-state index in [2.05, 4.69) is 15.6 Å². The maximum Gasteiger partial charge on any atom is 0.271 e. The van der Waals surface area contributed by atoms with Crippen LogP contribution in [0.3, 0.4) is 0 Å². The molecule has 1 heterocycles. The number of methoxy groups -OCH3 is 1. The molecule has 2 rings (SSSR count). The van der Waals surface area contributed by atoms with Gasteiger partial charge in [-0.3, -0.25) is 9.59 Å². The van der Waals surface area contributed by atoms with E-state index >= 15 is 0 Å². The number of carbonyl (C=O) groups is 2. The number of aryl methyl sites for hydroxylation is 1. The van der Waals surface area contributed by atoms with Crippen LogP contribution in [-0.4, -0.2) is 31.3 Å². The fraction of sp³-hybridized carbons (Fsp3) is 0.211. The van der Waals surface area contributed by atoms with E-state index in [0.29, 0.717) is 29.9 Å². The number of likely N-dealkylation sites (N-methyl/N-ethyl adjacent to an activating group) is 1. The van der Waals surface area contributed by atoms with E-state index in [1.165, 1.54) is 12.5 Å². The van der Waals surface area contributed by atoms with Gasteiger partial charge in [-0.25, -0.2) is 4.98 Å². The molecule has 1 aromatic carbocycles. The van der Waals surface area contributed by atoms with Crippen molar-refractivity contribution in [3.05, 3.63) is 59.1 Å². The number of hydrogen-bond acceptors (Lipinski definition) is 6. The van der Waals surface area contributed by atoms with Crippen LogP contribution in [0.1, 0.15) is 23.9 Å². The van der Waals surface area contributed by atoms with E-state index in [0.717, 1.165) is 5.56 Å². The van der Waals surface area contributed by atoms with Gasteiger partial charge in [0.1, 0.15) is 22.9 Å². The fourth-order valence-corrected chi connectivity index (χ4v) is 2.30. The van der Waals surface area contributed by atoms with Crippen molar-refractivity contribution in [2.75, 3.05) is 14.2 Å². The number of amides is 1. The van der Waals surface area contributed by atoms with E-state index in [9.17, 15) is 9.59 Å². The lowest BCUT2D eigenvalue weighted by atomic mass is 10.1. The van der Waals surface area contributed by atoms with Crippen LogP contribution >= 0.6 is 0 Å². The summed E-state index contributed by atoms with van der Waals surface area (Å²) in [6.45, 7) is 1.91. The Hall–Kier alpha value is -3.35. The molecule has 0 aliphatic rings. The van der Waals surface area contributed by atoms with Crippen molar-refractivity contribution >= 4 is 24.3 Å². The number of aldehydes is 1. The molecule has 0 bridgehead atoms. The molecule has 26 heavy (non-hydrogen) atoms. The predicted octanol–water partition coefficient (Wildman–Crippen LogP) is 2.16. The molecule has 0 fully saturated rings. The third-order valence-electron chi connectivity index (χ3n) is 3.62. The Bertz CT molecular complexity index is 837. The summed E-state index contributed by atoms with van der Waals surface area (Å²) in [6, 6.07) is 7.30. The first-order valence-corrected chi connectivity index (χ1v) is 8.06. The lowest BCUT2D eigenvalue weighted by molar-refractivity contribution is -0.118. The zero-order valence-electron chi connectivity index (χ0n) is 14.9. The van der Waals surface area contributed by atoms with Gasteiger partial charge in [-0.15, -0.1) is 0 Å². The summed E-state index contributed by atoms with van der Waals surface area (Å²) in [5.41, 5.74) is 1.60. The first kappa shape index (κ1) is 19.0. The van der Waals surface area contributed by atoms with E-state index in [1.807, 2.05) is 25.1 Å². The molecule has 0 radical (unpaired) electrons. The van der Waals surface area contributed by atoms with Gasteiger partial charge in [0.15, 0.2) is 12.7 Å². The minimum atomic E-state index is -0.460. The molecule has 0 atom stereocenters. The number of benzene rings is 1. The smallest absolute Gasteiger partial charge is 0.271 e. The Kier molecular flexibility index (Phi) is 6.73. The zero-order valence-corrected chi connectivity index (χ0v) is 14.9. The minimum absolute atomic E-state index is 0.0831.